The molecular formula is C16H16ClF2NO. The zero-order valence-corrected chi connectivity index (χ0v) is 12.3. The minimum Gasteiger partial charge on any atom is -0.451 e. The van der Waals surface area contributed by atoms with Gasteiger partial charge in [-0.1, -0.05) is 18.5 Å². The number of ether oxygens (including phenoxy) is 1. The minimum absolute atomic E-state index is 0.119. The third-order valence-electron chi connectivity index (χ3n) is 3.11. The first-order chi connectivity index (χ1) is 9.99. The molecule has 0 spiro atoms. The van der Waals surface area contributed by atoms with Crippen LogP contribution in [-0.2, 0) is 6.42 Å². The van der Waals surface area contributed by atoms with Gasteiger partial charge in [-0.05, 0) is 54.8 Å². The molecule has 0 amide bonds. The molecule has 0 heterocycles. The van der Waals surface area contributed by atoms with Crippen LogP contribution in [0.2, 0.25) is 5.02 Å². The summed E-state index contributed by atoms with van der Waals surface area (Å²) in [6.45, 7) is 1.93. The van der Waals surface area contributed by atoms with Gasteiger partial charge in [0.25, 0.3) is 0 Å². The Balaban J connectivity index is 2.22. The fraction of sp³-hybridized carbons (Fsp3) is 0.250. The van der Waals surface area contributed by atoms with Crippen LogP contribution in [0.3, 0.4) is 0 Å². The molecule has 0 saturated carbocycles. The molecule has 2 aromatic carbocycles. The van der Waals surface area contributed by atoms with Gasteiger partial charge < -0.3 is 10.5 Å². The zero-order valence-electron chi connectivity index (χ0n) is 11.6. The van der Waals surface area contributed by atoms with Gasteiger partial charge in [-0.3, -0.25) is 0 Å². The van der Waals surface area contributed by atoms with Crippen molar-refractivity contribution in [2.75, 3.05) is 0 Å². The van der Waals surface area contributed by atoms with Gasteiger partial charge in [0.2, 0.25) is 0 Å². The van der Waals surface area contributed by atoms with E-state index in [1.54, 1.807) is 24.3 Å². The first kappa shape index (κ1) is 15.7. The molecule has 2 rings (SSSR count). The van der Waals surface area contributed by atoms with E-state index in [9.17, 15) is 8.78 Å². The van der Waals surface area contributed by atoms with Gasteiger partial charge in [-0.25, -0.2) is 8.78 Å². The maximum absolute atomic E-state index is 14.0. The van der Waals surface area contributed by atoms with Gasteiger partial charge in [0, 0.05) is 11.1 Å². The lowest BCUT2D eigenvalue weighted by atomic mass is 10.0. The molecule has 0 bridgehead atoms. The first-order valence-electron chi connectivity index (χ1n) is 6.66. The summed E-state index contributed by atoms with van der Waals surface area (Å²) in [5.74, 6) is -1.60. The Hall–Kier alpha value is -1.65. The summed E-state index contributed by atoms with van der Waals surface area (Å²) in [5, 5.41) is 0.521. The van der Waals surface area contributed by atoms with Crippen LogP contribution in [0.5, 0.6) is 11.5 Å². The molecule has 2 aromatic rings. The summed E-state index contributed by atoms with van der Waals surface area (Å²) in [5.41, 5.74) is 6.31. The van der Waals surface area contributed by atoms with Crippen molar-refractivity contribution in [3.63, 3.8) is 0 Å². The van der Waals surface area contributed by atoms with E-state index in [0.717, 1.165) is 6.42 Å². The molecule has 0 aliphatic rings. The lowest BCUT2D eigenvalue weighted by molar-refractivity contribution is 0.406. The number of benzene rings is 2. The fourth-order valence-corrected chi connectivity index (χ4v) is 2.02. The van der Waals surface area contributed by atoms with Gasteiger partial charge in [-0.15, -0.1) is 0 Å². The Morgan fingerprint density at radius 3 is 2.24 bits per heavy atom. The van der Waals surface area contributed by atoms with Crippen LogP contribution in [0, 0.1) is 11.6 Å². The van der Waals surface area contributed by atoms with E-state index in [4.69, 9.17) is 22.1 Å². The Kier molecular flexibility index (Phi) is 5.15. The maximum Gasteiger partial charge on any atom is 0.198 e. The van der Waals surface area contributed by atoms with Gasteiger partial charge in [0.05, 0.1) is 0 Å². The highest BCUT2D eigenvalue weighted by molar-refractivity contribution is 6.30. The second kappa shape index (κ2) is 6.87. The molecule has 0 aliphatic carbocycles. The van der Waals surface area contributed by atoms with Crippen LogP contribution < -0.4 is 10.5 Å². The van der Waals surface area contributed by atoms with Crippen molar-refractivity contribution < 1.29 is 13.5 Å². The smallest absolute Gasteiger partial charge is 0.198 e. The van der Waals surface area contributed by atoms with E-state index >= 15 is 0 Å². The van der Waals surface area contributed by atoms with Crippen molar-refractivity contribution in [3.05, 3.63) is 58.6 Å². The Bertz CT molecular complexity index is 593. The van der Waals surface area contributed by atoms with Crippen LogP contribution in [0.1, 0.15) is 18.9 Å². The number of hydrogen-bond donors (Lipinski definition) is 1. The fourth-order valence-electron chi connectivity index (χ4n) is 1.90. The molecule has 0 fully saturated rings. The molecule has 0 radical (unpaired) electrons. The quantitative estimate of drug-likeness (QED) is 0.869. The van der Waals surface area contributed by atoms with Crippen LogP contribution in [-0.4, -0.2) is 6.04 Å². The van der Waals surface area contributed by atoms with Crippen LogP contribution in [0.25, 0.3) is 0 Å². The maximum atomic E-state index is 14.0. The van der Waals surface area contributed by atoms with Crippen molar-refractivity contribution in [1.82, 2.24) is 0 Å². The van der Waals surface area contributed by atoms with Crippen molar-refractivity contribution in [3.8, 4) is 11.5 Å². The second-order valence-corrected chi connectivity index (χ2v) is 5.25. The van der Waals surface area contributed by atoms with E-state index in [0.29, 0.717) is 22.8 Å². The second-order valence-electron chi connectivity index (χ2n) is 4.82. The molecule has 5 heteroatoms. The van der Waals surface area contributed by atoms with Gasteiger partial charge in [0.1, 0.15) is 5.75 Å². The molecule has 21 heavy (non-hydrogen) atoms. The summed E-state index contributed by atoms with van der Waals surface area (Å²) in [6.07, 6.45) is 1.16. The van der Waals surface area contributed by atoms with Crippen LogP contribution in [0.15, 0.2) is 36.4 Å². The minimum atomic E-state index is -0.747. The molecule has 0 aliphatic heterocycles. The molecule has 112 valence electrons. The van der Waals surface area contributed by atoms with E-state index in [1.165, 1.54) is 12.1 Å². The summed E-state index contributed by atoms with van der Waals surface area (Å²) in [7, 11) is 0. The van der Waals surface area contributed by atoms with Crippen molar-refractivity contribution in [1.29, 1.82) is 0 Å². The molecule has 0 saturated heterocycles. The summed E-state index contributed by atoms with van der Waals surface area (Å²) < 4.78 is 33.2. The third-order valence-corrected chi connectivity index (χ3v) is 3.37. The number of rotatable bonds is 5. The molecule has 2 nitrogen and oxygen atoms in total. The van der Waals surface area contributed by atoms with Crippen molar-refractivity contribution in [2.45, 2.75) is 25.8 Å². The van der Waals surface area contributed by atoms with E-state index in [-0.39, 0.29) is 6.04 Å². The average molecular weight is 312 g/mol. The summed E-state index contributed by atoms with van der Waals surface area (Å²) >= 11 is 5.74. The lowest BCUT2D eigenvalue weighted by Crippen LogP contribution is -2.21. The Morgan fingerprint density at radius 1 is 1.14 bits per heavy atom. The number of nitrogens with two attached hydrogens (primary N) is 1. The molecular weight excluding hydrogens is 296 g/mol. The molecule has 0 aromatic heterocycles. The van der Waals surface area contributed by atoms with Gasteiger partial charge in [-0.2, -0.15) is 0 Å². The van der Waals surface area contributed by atoms with Crippen LogP contribution >= 0.6 is 11.6 Å². The zero-order chi connectivity index (χ0) is 15.4. The number of hydrogen-bond acceptors (Lipinski definition) is 2. The topological polar surface area (TPSA) is 35.2 Å². The largest absolute Gasteiger partial charge is 0.451 e. The highest BCUT2D eigenvalue weighted by Gasteiger charge is 2.15. The van der Waals surface area contributed by atoms with Crippen molar-refractivity contribution in [2.24, 2.45) is 5.73 Å². The normalized spacial score (nSPS) is 12.2. The summed E-state index contributed by atoms with van der Waals surface area (Å²) in [6, 6.07) is 8.65. The van der Waals surface area contributed by atoms with Gasteiger partial charge in [0.15, 0.2) is 17.4 Å². The first-order valence-corrected chi connectivity index (χ1v) is 7.04. The third kappa shape index (κ3) is 4.16. The van der Waals surface area contributed by atoms with Crippen molar-refractivity contribution >= 4 is 11.6 Å². The predicted octanol–water partition coefficient (Wildman–Crippen LogP) is 4.69. The molecule has 1 atom stereocenters. The predicted molar refractivity (Wildman–Crippen MR) is 79.9 cm³/mol. The SMILES string of the molecule is CCC(N)Cc1cc(F)c(Oc2ccc(Cl)cc2)c(F)c1. The Morgan fingerprint density at radius 2 is 1.71 bits per heavy atom. The van der Waals surface area contributed by atoms with E-state index < -0.39 is 17.4 Å². The average Bonchev–Trinajstić information content (AvgIpc) is 2.44. The lowest BCUT2D eigenvalue weighted by Gasteiger charge is -2.12. The standard InChI is InChI=1S/C16H16ClF2NO/c1-2-12(20)7-10-8-14(18)16(15(19)9-10)21-13-5-3-11(17)4-6-13/h3-6,8-9,12H,2,7,20H2,1H3. The summed E-state index contributed by atoms with van der Waals surface area (Å²) in [4.78, 5) is 0. The van der Waals surface area contributed by atoms with Gasteiger partial charge >= 0.3 is 0 Å². The highest BCUT2D eigenvalue weighted by atomic mass is 35.5. The molecule has 2 N–H and O–H groups in total. The Labute approximate surface area is 127 Å². The highest BCUT2D eigenvalue weighted by Crippen LogP contribution is 2.29. The number of halogens is 3. The monoisotopic (exact) mass is 311 g/mol. The van der Waals surface area contributed by atoms with Crippen LogP contribution in [0.4, 0.5) is 8.78 Å². The molecule has 1 unspecified atom stereocenters. The van der Waals surface area contributed by atoms with E-state index in [2.05, 4.69) is 0 Å². The van der Waals surface area contributed by atoms with E-state index in [1.807, 2.05) is 6.92 Å².